The standard InChI is InChI=1S/C20H25N3O2/c1-13(2)23-12-14(11-19(23)24)20(25)22-9-7-16-15-5-3-4-6-17(15)21-18(16)8-10-22/h3-6,13-14,21H,7-12H2,1-2H3. The Morgan fingerprint density at radius 2 is 1.96 bits per heavy atom. The number of H-pyrrole nitrogens is 1. The third kappa shape index (κ3) is 2.81. The second kappa shape index (κ2) is 6.21. The van der Waals surface area contributed by atoms with Crippen LogP contribution in [0.25, 0.3) is 10.9 Å². The molecule has 132 valence electrons. The molecule has 2 aliphatic rings. The fourth-order valence-electron chi connectivity index (χ4n) is 4.23. The van der Waals surface area contributed by atoms with Gasteiger partial charge in [0.05, 0.1) is 5.92 Å². The highest BCUT2D eigenvalue weighted by molar-refractivity contribution is 5.90. The second-order valence-electron chi connectivity index (χ2n) is 7.49. The van der Waals surface area contributed by atoms with E-state index < -0.39 is 0 Å². The van der Waals surface area contributed by atoms with Crippen LogP contribution in [0.3, 0.4) is 0 Å². The largest absolute Gasteiger partial charge is 0.358 e. The number of aromatic nitrogens is 1. The third-order valence-electron chi connectivity index (χ3n) is 5.61. The molecule has 3 heterocycles. The number of amides is 2. The molecule has 0 spiro atoms. The van der Waals surface area contributed by atoms with E-state index in [1.54, 1.807) is 0 Å². The number of hydrogen-bond donors (Lipinski definition) is 1. The van der Waals surface area contributed by atoms with Crippen molar-refractivity contribution >= 4 is 22.7 Å². The molecule has 1 aromatic heterocycles. The Bertz CT molecular complexity index is 823. The molecule has 1 unspecified atom stereocenters. The maximum atomic E-state index is 12.9. The summed E-state index contributed by atoms with van der Waals surface area (Å²) >= 11 is 0. The van der Waals surface area contributed by atoms with Gasteiger partial charge in [-0.15, -0.1) is 0 Å². The molecule has 5 heteroatoms. The minimum absolute atomic E-state index is 0.111. The molecule has 0 saturated carbocycles. The highest BCUT2D eigenvalue weighted by Crippen LogP contribution is 2.27. The van der Waals surface area contributed by atoms with Crippen LogP contribution in [0.15, 0.2) is 24.3 Å². The minimum atomic E-state index is -0.178. The van der Waals surface area contributed by atoms with Gasteiger partial charge in [-0.05, 0) is 31.9 Å². The molecule has 25 heavy (non-hydrogen) atoms. The Hall–Kier alpha value is -2.30. The van der Waals surface area contributed by atoms with E-state index in [1.807, 2.05) is 29.7 Å². The summed E-state index contributed by atoms with van der Waals surface area (Å²) in [6.45, 7) is 6.05. The van der Waals surface area contributed by atoms with Crippen molar-refractivity contribution in [3.8, 4) is 0 Å². The average Bonchev–Trinajstić information content (AvgIpc) is 3.08. The van der Waals surface area contributed by atoms with E-state index >= 15 is 0 Å². The van der Waals surface area contributed by atoms with E-state index in [-0.39, 0.29) is 23.8 Å². The topological polar surface area (TPSA) is 56.4 Å². The van der Waals surface area contributed by atoms with Crippen LogP contribution in [0.1, 0.15) is 31.5 Å². The Balaban J connectivity index is 1.48. The number of fused-ring (bicyclic) bond motifs is 3. The molecule has 2 amide bonds. The van der Waals surface area contributed by atoms with E-state index in [0.29, 0.717) is 13.0 Å². The van der Waals surface area contributed by atoms with Gasteiger partial charge in [0, 0.05) is 55.1 Å². The molecule has 2 aliphatic heterocycles. The van der Waals surface area contributed by atoms with Gasteiger partial charge in [0.25, 0.3) is 0 Å². The summed E-state index contributed by atoms with van der Waals surface area (Å²) in [6.07, 6.45) is 2.09. The van der Waals surface area contributed by atoms with Crippen molar-refractivity contribution in [3.05, 3.63) is 35.5 Å². The molecule has 1 fully saturated rings. The van der Waals surface area contributed by atoms with Crippen molar-refractivity contribution in [1.29, 1.82) is 0 Å². The summed E-state index contributed by atoms with van der Waals surface area (Å²) in [5.74, 6) is 0.0773. The molecule has 5 nitrogen and oxygen atoms in total. The van der Waals surface area contributed by atoms with Crippen LogP contribution in [0, 0.1) is 5.92 Å². The molecular weight excluding hydrogens is 314 g/mol. The molecule has 1 atom stereocenters. The van der Waals surface area contributed by atoms with Crippen LogP contribution >= 0.6 is 0 Å². The Kier molecular flexibility index (Phi) is 4.02. The monoisotopic (exact) mass is 339 g/mol. The molecule has 4 rings (SSSR count). The molecule has 1 aromatic carbocycles. The average molecular weight is 339 g/mol. The lowest BCUT2D eigenvalue weighted by molar-refractivity contribution is -0.135. The second-order valence-corrected chi connectivity index (χ2v) is 7.49. The van der Waals surface area contributed by atoms with Crippen molar-refractivity contribution in [1.82, 2.24) is 14.8 Å². The number of aromatic amines is 1. The summed E-state index contributed by atoms with van der Waals surface area (Å²) < 4.78 is 0. The van der Waals surface area contributed by atoms with Crippen molar-refractivity contribution < 1.29 is 9.59 Å². The first-order valence-corrected chi connectivity index (χ1v) is 9.21. The van der Waals surface area contributed by atoms with Gasteiger partial charge >= 0.3 is 0 Å². The van der Waals surface area contributed by atoms with E-state index in [0.717, 1.165) is 25.9 Å². The lowest BCUT2D eigenvalue weighted by atomic mass is 10.1. The van der Waals surface area contributed by atoms with E-state index in [4.69, 9.17) is 0 Å². The first kappa shape index (κ1) is 16.2. The highest BCUT2D eigenvalue weighted by Gasteiger charge is 2.37. The quantitative estimate of drug-likeness (QED) is 0.913. The van der Waals surface area contributed by atoms with Gasteiger partial charge in [-0.1, -0.05) is 18.2 Å². The Labute approximate surface area is 148 Å². The van der Waals surface area contributed by atoms with Gasteiger partial charge in [-0.25, -0.2) is 0 Å². The number of carbonyl (C=O) groups excluding carboxylic acids is 2. The van der Waals surface area contributed by atoms with Crippen molar-refractivity contribution in [2.24, 2.45) is 5.92 Å². The normalized spacial score (nSPS) is 21.1. The summed E-state index contributed by atoms with van der Waals surface area (Å²) in [5, 5.41) is 1.27. The third-order valence-corrected chi connectivity index (χ3v) is 5.61. The van der Waals surface area contributed by atoms with E-state index in [2.05, 4.69) is 23.2 Å². The molecule has 0 aliphatic carbocycles. The molecule has 1 saturated heterocycles. The van der Waals surface area contributed by atoms with E-state index in [9.17, 15) is 9.59 Å². The molecule has 0 bridgehead atoms. The zero-order chi connectivity index (χ0) is 17.6. The highest BCUT2D eigenvalue weighted by atomic mass is 16.2. The SMILES string of the molecule is CC(C)N1CC(C(=O)N2CCc3[nH]c4ccccc4c3CC2)CC1=O. The first-order chi connectivity index (χ1) is 12.0. The summed E-state index contributed by atoms with van der Waals surface area (Å²) in [6, 6.07) is 8.54. The van der Waals surface area contributed by atoms with Gasteiger partial charge in [0.1, 0.15) is 0 Å². The van der Waals surface area contributed by atoms with Crippen LogP contribution in [0.2, 0.25) is 0 Å². The van der Waals surface area contributed by atoms with Gasteiger partial charge in [0.15, 0.2) is 0 Å². The van der Waals surface area contributed by atoms with Crippen LogP contribution in [-0.4, -0.2) is 52.3 Å². The van der Waals surface area contributed by atoms with Crippen molar-refractivity contribution in [2.75, 3.05) is 19.6 Å². The summed E-state index contributed by atoms with van der Waals surface area (Å²) in [5.41, 5.74) is 3.78. The Morgan fingerprint density at radius 3 is 2.72 bits per heavy atom. The first-order valence-electron chi connectivity index (χ1n) is 9.21. The molecular formula is C20H25N3O2. The smallest absolute Gasteiger partial charge is 0.228 e. The summed E-state index contributed by atoms with van der Waals surface area (Å²) in [4.78, 5) is 32.4. The molecule has 1 N–H and O–H groups in total. The lowest BCUT2D eigenvalue weighted by Gasteiger charge is -2.25. The van der Waals surface area contributed by atoms with Crippen LogP contribution in [-0.2, 0) is 22.4 Å². The van der Waals surface area contributed by atoms with Gasteiger partial charge in [0.2, 0.25) is 11.8 Å². The number of benzene rings is 1. The lowest BCUT2D eigenvalue weighted by Crippen LogP contribution is -2.39. The summed E-state index contributed by atoms with van der Waals surface area (Å²) in [7, 11) is 0. The van der Waals surface area contributed by atoms with Gasteiger partial charge < -0.3 is 14.8 Å². The van der Waals surface area contributed by atoms with Gasteiger partial charge in [-0.3, -0.25) is 9.59 Å². The van der Waals surface area contributed by atoms with Crippen molar-refractivity contribution in [2.45, 2.75) is 39.2 Å². The number of nitrogens with one attached hydrogen (secondary N) is 1. The zero-order valence-electron chi connectivity index (χ0n) is 14.9. The number of likely N-dealkylation sites (tertiary alicyclic amines) is 1. The number of hydrogen-bond acceptors (Lipinski definition) is 2. The predicted molar refractivity (Wildman–Crippen MR) is 97.2 cm³/mol. The number of nitrogens with zero attached hydrogens (tertiary/aromatic N) is 2. The number of para-hydroxylation sites is 1. The van der Waals surface area contributed by atoms with Crippen molar-refractivity contribution in [3.63, 3.8) is 0 Å². The fraction of sp³-hybridized carbons (Fsp3) is 0.500. The number of rotatable bonds is 2. The van der Waals surface area contributed by atoms with Gasteiger partial charge in [-0.2, -0.15) is 0 Å². The molecule has 0 radical (unpaired) electrons. The zero-order valence-corrected chi connectivity index (χ0v) is 14.9. The fourth-order valence-corrected chi connectivity index (χ4v) is 4.23. The predicted octanol–water partition coefficient (Wildman–Crippen LogP) is 2.35. The molecule has 2 aromatic rings. The van der Waals surface area contributed by atoms with Crippen LogP contribution in [0.4, 0.5) is 0 Å². The van der Waals surface area contributed by atoms with Crippen LogP contribution < -0.4 is 0 Å². The maximum Gasteiger partial charge on any atom is 0.228 e. The minimum Gasteiger partial charge on any atom is -0.358 e. The maximum absolute atomic E-state index is 12.9. The van der Waals surface area contributed by atoms with E-state index in [1.165, 1.54) is 22.2 Å². The Morgan fingerprint density at radius 1 is 1.20 bits per heavy atom. The number of carbonyl (C=O) groups is 2. The van der Waals surface area contributed by atoms with Crippen LogP contribution in [0.5, 0.6) is 0 Å².